The molecule has 0 radical (unpaired) electrons. The number of halogens is 6. The van der Waals surface area contributed by atoms with Crippen LogP contribution in [0.1, 0.15) is 34.0 Å². The predicted octanol–water partition coefficient (Wildman–Crippen LogP) is 5.75. The maximum Gasteiger partial charge on any atom is 0.418 e. The Hall–Kier alpha value is -3.56. The molecular formula is C23H19F6N3O. The first-order valence-electron chi connectivity index (χ1n) is 9.83. The molecule has 33 heavy (non-hydrogen) atoms. The summed E-state index contributed by atoms with van der Waals surface area (Å²) < 4.78 is 79.4. The van der Waals surface area contributed by atoms with Crippen LogP contribution in [0.5, 0.6) is 0 Å². The minimum Gasteiger partial charge on any atom is -0.338 e. The van der Waals surface area contributed by atoms with Gasteiger partial charge in [0.05, 0.1) is 22.9 Å². The second kappa shape index (κ2) is 9.93. The van der Waals surface area contributed by atoms with E-state index in [9.17, 15) is 31.1 Å². The maximum absolute atomic E-state index is 13.6. The van der Waals surface area contributed by atoms with Gasteiger partial charge in [0.25, 0.3) is 0 Å². The number of urea groups is 1. The van der Waals surface area contributed by atoms with E-state index in [1.807, 2.05) is 30.3 Å². The van der Waals surface area contributed by atoms with Crippen LogP contribution in [0.15, 0.2) is 72.9 Å². The third-order valence-electron chi connectivity index (χ3n) is 4.81. The van der Waals surface area contributed by atoms with Crippen molar-refractivity contribution in [3.05, 3.63) is 101 Å². The Kier molecular flexibility index (Phi) is 7.25. The molecule has 0 spiro atoms. The quantitative estimate of drug-likeness (QED) is 0.454. The lowest BCUT2D eigenvalue weighted by Gasteiger charge is -2.23. The first-order valence-corrected chi connectivity index (χ1v) is 9.83. The maximum atomic E-state index is 13.6. The van der Waals surface area contributed by atoms with Crippen LogP contribution in [0.3, 0.4) is 0 Å². The number of aromatic nitrogens is 1. The van der Waals surface area contributed by atoms with E-state index < -0.39 is 41.2 Å². The average molecular weight is 467 g/mol. The number of pyridine rings is 1. The number of nitrogens with zero attached hydrogens (tertiary/aromatic N) is 1. The van der Waals surface area contributed by atoms with Crippen molar-refractivity contribution in [2.24, 2.45) is 0 Å². The highest BCUT2D eigenvalue weighted by Gasteiger charge is 2.37. The molecule has 1 heterocycles. The van der Waals surface area contributed by atoms with Crippen LogP contribution in [0, 0.1) is 0 Å². The molecule has 1 atom stereocenters. The van der Waals surface area contributed by atoms with Gasteiger partial charge in [-0.3, -0.25) is 4.98 Å². The fourth-order valence-electron chi connectivity index (χ4n) is 3.21. The van der Waals surface area contributed by atoms with Crippen LogP contribution in [-0.4, -0.2) is 17.6 Å². The zero-order valence-corrected chi connectivity index (χ0v) is 17.0. The Morgan fingerprint density at radius 3 is 2.12 bits per heavy atom. The summed E-state index contributed by atoms with van der Waals surface area (Å²) in [6.07, 6.45) is -7.79. The molecular weight excluding hydrogens is 448 g/mol. The van der Waals surface area contributed by atoms with Gasteiger partial charge < -0.3 is 10.6 Å². The minimum atomic E-state index is -4.78. The van der Waals surface area contributed by atoms with Crippen LogP contribution >= 0.6 is 0 Å². The van der Waals surface area contributed by atoms with Crippen LogP contribution < -0.4 is 10.6 Å². The molecule has 0 bridgehead atoms. The number of carbonyl (C=O) groups excluding carboxylic acids is 1. The van der Waals surface area contributed by atoms with Gasteiger partial charge in [-0.05, 0) is 41.8 Å². The number of nitrogens with one attached hydrogen (secondary N) is 2. The van der Waals surface area contributed by atoms with Gasteiger partial charge in [-0.1, -0.05) is 42.5 Å². The van der Waals surface area contributed by atoms with Crippen LogP contribution in [0.25, 0.3) is 0 Å². The van der Waals surface area contributed by atoms with Crippen molar-refractivity contribution in [2.75, 3.05) is 6.54 Å². The Bertz CT molecular complexity index is 1070. The molecule has 2 N–H and O–H groups in total. The lowest BCUT2D eigenvalue weighted by atomic mass is 9.98. The van der Waals surface area contributed by atoms with Gasteiger partial charge in [0.2, 0.25) is 0 Å². The fourth-order valence-corrected chi connectivity index (χ4v) is 3.21. The van der Waals surface area contributed by atoms with Crippen molar-refractivity contribution in [1.82, 2.24) is 15.6 Å². The van der Waals surface area contributed by atoms with Gasteiger partial charge >= 0.3 is 18.4 Å². The number of rotatable bonds is 6. The summed E-state index contributed by atoms with van der Waals surface area (Å²) in [7, 11) is 0. The molecule has 0 saturated heterocycles. The monoisotopic (exact) mass is 467 g/mol. The topological polar surface area (TPSA) is 54.0 Å². The lowest BCUT2D eigenvalue weighted by molar-refractivity contribution is -0.139. The largest absolute Gasteiger partial charge is 0.418 e. The average Bonchev–Trinajstić information content (AvgIpc) is 2.77. The molecule has 10 heteroatoms. The number of benzene rings is 2. The second-order valence-electron chi connectivity index (χ2n) is 7.12. The predicted molar refractivity (Wildman–Crippen MR) is 109 cm³/mol. The first kappa shape index (κ1) is 24.1. The van der Waals surface area contributed by atoms with Crippen LogP contribution in [0.2, 0.25) is 0 Å². The molecule has 0 fully saturated rings. The minimum absolute atomic E-state index is 0.0189. The van der Waals surface area contributed by atoms with Crippen molar-refractivity contribution in [3.8, 4) is 0 Å². The van der Waals surface area contributed by atoms with E-state index in [0.29, 0.717) is 6.42 Å². The Morgan fingerprint density at radius 2 is 1.52 bits per heavy atom. The van der Waals surface area contributed by atoms with E-state index >= 15 is 0 Å². The summed E-state index contributed by atoms with van der Waals surface area (Å²) in [5.41, 5.74) is -1.62. The molecule has 0 saturated carbocycles. The number of alkyl halides is 6. The highest BCUT2D eigenvalue weighted by Crippen LogP contribution is 2.36. The molecule has 0 aliphatic heterocycles. The van der Waals surface area contributed by atoms with Crippen molar-refractivity contribution in [1.29, 1.82) is 0 Å². The first-order chi connectivity index (χ1) is 15.6. The van der Waals surface area contributed by atoms with Crippen molar-refractivity contribution >= 4 is 6.03 Å². The molecule has 0 aliphatic rings. The molecule has 3 rings (SSSR count). The highest BCUT2D eigenvalue weighted by molar-refractivity contribution is 5.75. The van der Waals surface area contributed by atoms with E-state index in [0.717, 1.165) is 48.2 Å². The van der Waals surface area contributed by atoms with Gasteiger partial charge in [0.1, 0.15) is 0 Å². The zero-order chi connectivity index (χ0) is 24.1. The molecule has 1 unspecified atom stereocenters. The SMILES string of the molecule is O=C(NCCc1ccccc1)NC(c1ccc(C(F)(F)F)cc1)c1ncccc1C(F)(F)F. The summed E-state index contributed by atoms with van der Waals surface area (Å²) >= 11 is 0. The third-order valence-corrected chi connectivity index (χ3v) is 4.81. The number of amides is 2. The summed E-state index contributed by atoms with van der Waals surface area (Å²) in [4.78, 5) is 16.3. The normalized spacial score (nSPS) is 12.8. The molecule has 2 amide bonds. The fraction of sp³-hybridized carbons (Fsp3) is 0.217. The van der Waals surface area contributed by atoms with Gasteiger partial charge in [0.15, 0.2) is 0 Å². The molecule has 0 aliphatic carbocycles. The third kappa shape index (κ3) is 6.47. The Balaban J connectivity index is 1.86. The second-order valence-corrected chi connectivity index (χ2v) is 7.12. The van der Waals surface area contributed by atoms with E-state index in [4.69, 9.17) is 0 Å². The number of hydrogen-bond donors (Lipinski definition) is 2. The highest BCUT2D eigenvalue weighted by atomic mass is 19.4. The van der Waals surface area contributed by atoms with Crippen molar-refractivity contribution in [2.45, 2.75) is 24.8 Å². The molecule has 2 aromatic carbocycles. The van der Waals surface area contributed by atoms with Crippen molar-refractivity contribution in [3.63, 3.8) is 0 Å². The summed E-state index contributed by atoms with van der Waals surface area (Å²) in [6, 6.07) is 12.4. The molecule has 174 valence electrons. The van der Waals surface area contributed by atoms with Crippen LogP contribution in [-0.2, 0) is 18.8 Å². The Labute approximate surface area is 185 Å². The summed E-state index contributed by atoms with van der Waals surface area (Å²) in [6.45, 7) is 0.198. The van der Waals surface area contributed by atoms with E-state index in [1.165, 1.54) is 0 Å². The van der Waals surface area contributed by atoms with Crippen molar-refractivity contribution < 1.29 is 31.1 Å². The van der Waals surface area contributed by atoms with Gasteiger partial charge in [-0.15, -0.1) is 0 Å². The Morgan fingerprint density at radius 1 is 0.848 bits per heavy atom. The standard InChI is InChI=1S/C23H19F6N3O/c24-22(25,26)17-10-8-16(9-11-17)19(20-18(23(27,28)29)7-4-13-30-20)32-21(33)31-14-12-15-5-2-1-3-6-15/h1-11,13,19H,12,14H2,(H2,31,32,33). The molecule has 1 aromatic heterocycles. The smallest absolute Gasteiger partial charge is 0.338 e. The van der Waals surface area contributed by atoms with Gasteiger partial charge in [-0.25, -0.2) is 4.79 Å². The molecule has 3 aromatic rings. The van der Waals surface area contributed by atoms with Crippen LogP contribution in [0.4, 0.5) is 31.1 Å². The van der Waals surface area contributed by atoms with Gasteiger partial charge in [0, 0.05) is 12.7 Å². The van der Waals surface area contributed by atoms with Gasteiger partial charge in [-0.2, -0.15) is 26.3 Å². The lowest BCUT2D eigenvalue weighted by Crippen LogP contribution is -2.40. The van der Waals surface area contributed by atoms with E-state index in [-0.39, 0.29) is 12.1 Å². The van der Waals surface area contributed by atoms with E-state index in [2.05, 4.69) is 15.6 Å². The van der Waals surface area contributed by atoms with E-state index in [1.54, 1.807) is 0 Å². The number of carbonyl (C=O) groups is 1. The zero-order valence-electron chi connectivity index (χ0n) is 17.0. The molecule has 4 nitrogen and oxygen atoms in total. The summed E-state index contributed by atoms with van der Waals surface area (Å²) in [5, 5.41) is 4.97. The summed E-state index contributed by atoms with van der Waals surface area (Å²) in [5.74, 6) is 0. The number of hydrogen-bond acceptors (Lipinski definition) is 2.